The molecule has 0 fully saturated rings. The number of benzene rings is 1. The highest BCUT2D eigenvalue weighted by molar-refractivity contribution is 5.70. The van der Waals surface area contributed by atoms with E-state index in [9.17, 15) is 13.6 Å². The molecule has 0 aliphatic rings. The lowest BCUT2D eigenvalue weighted by molar-refractivity contribution is -0.140. The summed E-state index contributed by atoms with van der Waals surface area (Å²) in [5, 5.41) is 0. The number of nitrogens with zero attached hydrogens (tertiary/aromatic N) is 1. The number of halogens is 2. The second kappa shape index (κ2) is 6.18. The Balaban J connectivity index is 2.82. The average molecular weight is 259 g/mol. The maximum absolute atomic E-state index is 13.7. The zero-order valence-electron chi connectivity index (χ0n) is 10.5. The standard InChI is InChI=1S/C12H15F2NO3/c1-15(5-4-12(16)18-3)10-6-9(14)11(17-2)7-8(10)13/h6-7H,4-5H2,1-3H3. The molecule has 18 heavy (non-hydrogen) atoms. The molecule has 0 aromatic heterocycles. The van der Waals surface area contributed by atoms with Crippen LogP contribution in [0, 0.1) is 11.6 Å². The summed E-state index contributed by atoms with van der Waals surface area (Å²) in [7, 11) is 4.10. The van der Waals surface area contributed by atoms with E-state index in [1.165, 1.54) is 19.1 Å². The summed E-state index contributed by atoms with van der Waals surface area (Å²) in [4.78, 5) is 12.4. The first-order chi connectivity index (χ1) is 8.49. The molecule has 0 bridgehead atoms. The molecule has 0 saturated carbocycles. The Hall–Kier alpha value is -1.85. The zero-order valence-corrected chi connectivity index (χ0v) is 10.5. The Labute approximate surface area is 104 Å². The monoisotopic (exact) mass is 259 g/mol. The fourth-order valence-corrected chi connectivity index (χ4v) is 1.45. The highest BCUT2D eigenvalue weighted by Crippen LogP contribution is 2.26. The van der Waals surface area contributed by atoms with E-state index >= 15 is 0 Å². The predicted octanol–water partition coefficient (Wildman–Crippen LogP) is 1.97. The van der Waals surface area contributed by atoms with Gasteiger partial charge in [0.1, 0.15) is 5.82 Å². The first kappa shape index (κ1) is 14.2. The summed E-state index contributed by atoms with van der Waals surface area (Å²) in [6.45, 7) is 0.232. The van der Waals surface area contributed by atoms with Crippen molar-refractivity contribution in [2.75, 3.05) is 32.7 Å². The minimum Gasteiger partial charge on any atom is -0.494 e. The molecule has 0 N–H and O–H groups in total. The van der Waals surface area contributed by atoms with Gasteiger partial charge in [0.15, 0.2) is 11.6 Å². The van der Waals surface area contributed by atoms with Crippen LogP contribution >= 0.6 is 0 Å². The molecule has 1 rings (SSSR count). The van der Waals surface area contributed by atoms with Gasteiger partial charge in [-0.05, 0) is 0 Å². The van der Waals surface area contributed by atoms with Gasteiger partial charge in [0.25, 0.3) is 0 Å². The highest BCUT2D eigenvalue weighted by atomic mass is 19.1. The van der Waals surface area contributed by atoms with E-state index in [1.807, 2.05) is 0 Å². The van der Waals surface area contributed by atoms with E-state index in [4.69, 9.17) is 0 Å². The third kappa shape index (κ3) is 3.32. The summed E-state index contributed by atoms with van der Waals surface area (Å²) in [6, 6.07) is 2.00. The topological polar surface area (TPSA) is 38.8 Å². The summed E-state index contributed by atoms with van der Waals surface area (Å²) >= 11 is 0. The van der Waals surface area contributed by atoms with Crippen LogP contribution in [0.3, 0.4) is 0 Å². The van der Waals surface area contributed by atoms with Gasteiger partial charge in [-0.25, -0.2) is 8.78 Å². The molecular formula is C12H15F2NO3. The molecule has 0 atom stereocenters. The van der Waals surface area contributed by atoms with Gasteiger partial charge in [-0.15, -0.1) is 0 Å². The Kier molecular flexibility index (Phi) is 4.88. The van der Waals surface area contributed by atoms with Crippen molar-refractivity contribution in [2.24, 2.45) is 0 Å². The van der Waals surface area contributed by atoms with E-state index < -0.39 is 17.6 Å². The average Bonchev–Trinajstić information content (AvgIpc) is 2.37. The molecule has 0 unspecified atom stereocenters. The number of hydrogen-bond donors (Lipinski definition) is 0. The van der Waals surface area contributed by atoms with Gasteiger partial charge in [0.2, 0.25) is 0 Å². The minimum atomic E-state index is -0.654. The third-order valence-electron chi connectivity index (χ3n) is 2.51. The first-order valence-corrected chi connectivity index (χ1v) is 5.30. The lowest BCUT2D eigenvalue weighted by Crippen LogP contribution is -2.22. The molecule has 0 heterocycles. The minimum absolute atomic E-state index is 0.0669. The van der Waals surface area contributed by atoms with Crippen molar-refractivity contribution >= 4 is 11.7 Å². The Bertz CT molecular complexity index is 438. The molecule has 0 aliphatic carbocycles. The Morgan fingerprint density at radius 1 is 1.28 bits per heavy atom. The van der Waals surface area contributed by atoms with E-state index in [0.717, 1.165) is 12.1 Å². The highest BCUT2D eigenvalue weighted by Gasteiger charge is 2.14. The Morgan fingerprint density at radius 2 is 1.94 bits per heavy atom. The fourth-order valence-electron chi connectivity index (χ4n) is 1.45. The van der Waals surface area contributed by atoms with Crippen LogP contribution in [0.5, 0.6) is 5.75 Å². The summed E-state index contributed by atoms with van der Waals surface area (Å²) in [5.74, 6) is -1.83. The van der Waals surface area contributed by atoms with E-state index in [2.05, 4.69) is 9.47 Å². The van der Waals surface area contributed by atoms with Gasteiger partial charge in [-0.2, -0.15) is 0 Å². The molecule has 4 nitrogen and oxygen atoms in total. The number of carbonyl (C=O) groups excluding carboxylic acids is 1. The van der Waals surface area contributed by atoms with Crippen LogP contribution in [-0.2, 0) is 9.53 Å². The maximum Gasteiger partial charge on any atom is 0.307 e. The van der Waals surface area contributed by atoms with Crippen molar-refractivity contribution in [1.29, 1.82) is 0 Å². The summed E-state index contributed by atoms with van der Waals surface area (Å²) in [6.07, 6.45) is 0.0973. The van der Waals surface area contributed by atoms with E-state index in [-0.39, 0.29) is 24.4 Å². The van der Waals surface area contributed by atoms with Crippen molar-refractivity contribution in [3.63, 3.8) is 0 Å². The third-order valence-corrected chi connectivity index (χ3v) is 2.51. The van der Waals surface area contributed by atoms with E-state index in [1.54, 1.807) is 7.05 Å². The van der Waals surface area contributed by atoms with Gasteiger partial charge < -0.3 is 14.4 Å². The van der Waals surface area contributed by atoms with Gasteiger partial charge in [-0.3, -0.25) is 4.79 Å². The number of carbonyl (C=O) groups is 1. The van der Waals surface area contributed by atoms with Crippen LogP contribution < -0.4 is 9.64 Å². The first-order valence-electron chi connectivity index (χ1n) is 5.30. The quantitative estimate of drug-likeness (QED) is 0.758. The number of rotatable bonds is 5. The smallest absolute Gasteiger partial charge is 0.307 e. The molecule has 1 aromatic carbocycles. The number of anilines is 1. The zero-order chi connectivity index (χ0) is 13.7. The van der Waals surface area contributed by atoms with Gasteiger partial charge >= 0.3 is 5.97 Å². The normalized spacial score (nSPS) is 10.1. The lowest BCUT2D eigenvalue weighted by Gasteiger charge is -2.19. The molecular weight excluding hydrogens is 244 g/mol. The van der Waals surface area contributed by atoms with Crippen LogP contribution in [0.15, 0.2) is 12.1 Å². The number of methoxy groups -OCH3 is 2. The largest absolute Gasteiger partial charge is 0.494 e. The molecule has 100 valence electrons. The van der Waals surface area contributed by atoms with Gasteiger partial charge in [-0.1, -0.05) is 0 Å². The molecule has 6 heteroatoms. The van der Waals surface area contributed by atoms with Crippen LogP contribution in [-0.4, -0.2) is 33.8 Å². The SMILES string of the molecule is COC(=O)CCN(C)c1cc(F)c(OC)cc1F. The van der Waals surface area contributed by atoms with E-state index in [0.29, 0.717) is 0 Å². The van der Waals surface area contributed by atoms with Gasteiger partial charge in [0, 0.05) is 25.7 Å². The maximum atomic E-state index is 13.7. The molecule has 0 spiro atoms. The van der Waals surface area contributed by atoms with Crippen molar-refractivity contribution < 1.29 is 23.0 Å². The van der Waals surface area contributed by atoms with Crippen molar-refractivity contribution in [3.8, 4) is 5.75 Å². The molecule has 0 amide bonds. The second-order valence-electron chi connectivity index (χ2n) is 3.69. The second-order valence-corrected chi connectivity index (χ2v) is 3.69. The van der Waals surface area contributed by atoms with Gasteiger partial charge in [0.05, 0.1) is 26.3 Å². The van der Waals surface area contributed by atoms with Crippen molar-refractivity contribution in [3.05, 3.63) is 23.8 Å². The molecule has 1 aromatic rings. The van der Waals surface area contributed by atoms with Crippen molar-refractivity contribution in [1.82, 2.24) is 0 Å². The van der Waals surface area contributed by atoms with Crippen LogP contribution in [0.1, 0.15) is 6.42 Å². The molecule has 0 radical (unpaired) electrons. The number of esters is 1. The van der Waals surface area contributed by atoms with Crippen molar-refractivity contribution in [2.45, 2.75) is 6.42 Å². The molecule has 0 aliphatic heterocycles. The molecule has 0 saturated heterocycles. The van der Waals surface area contributed by atoms with Crippen LogP contribution in [0.4, 0.5) is 14.5 Å². The summed E-state index contributed by atoms with van der Waals surface area (Å²) < 4.78 is 36.3. The lowest BCUT2D eigenvalue weighted by atomic mass is 10.2. The fraction of sp³-hybridized carbons (Fsp3) is 0.417. The summed E-state index contributed by atoms with van der Waals surface area (Å²) in [5.41, 5.74) is 0.0669. The predicted molar refractivity (Wildman–Crippen MR) is 62.8 cm³/mol. The number of ether oxygens (including phenoxy) is 2. The Morgan fingerprint density at radius 3 is 2.50 bits per heavy atom. The number of hydrogen-bond acceptors (Lipinski definition) is 4. The van der Waals surface area contributed by atoms with Crippen LogP contribution in [0.2, 0.25) is 0 Å². The van der Waals surface area contributed by atoms with Crippen LogP contribution in [0.25, 0.3) is 0 Å².